The van der Waals surface area contributed by atoms with Crippen molar-refractivity contribution in [1.82, 2.24) is 4.98 Å². The summed E-state index contributed by atoms with van der Waals surface area (Å²) in [6.07, 6.45) is 8.82. The lowest BCUT2D eigenvalue weighted by atomic mass is 10.0. The number of thiazole rings is 1. The van der Waals surface area contributed by atoms with Crippen molar-refractivity contribution >= 4 is 25.7 Å². The molecule has 0 saturated heterocycles. The van der Waals surface area contributed by atoms with Crippen LogP contribution >= 0.6 is 11.3 Å². The average molecular weight is 438 g/mol. The van der Waals surface area contributed by atoms with Crippen molar-refractivity contribution in [2.75, 3.05) is 6.61 Å². The maximum absolute atomic E-state index is 9.20. The second kappa shape index (κ2) is 11.6. The highest BCUT2D eigenvalue weighted by molar-refractivity contribution is 7.09. The van der Waals surface area contributed by atoms with E-state index in [9.17, 15) is 5.11 Å². The van der Waals surface area contributed by atoms with Gasteiger partial charge in [-0.2, -0.15) is 0 Å². The van der Waals surface area contributed by atoms with E-state index in [0.29, 0.717) is 5.92 Å². The molecule has 3 nitrogen and oxygen atoms in total. The molecule has 166 valence electrons. The van der Waals surface area contributed by atoms with Crippen LogP contribution < -0.4 is 0 Å². The van der Waals surface area contributed by atoms with Gasteiger partial charge in [-0.05, 0) is 82.2 Å². The van der Waals surface area contributed by atoms with Crippen molar-refractivity contribution < 1.29 is 9.53 Å². The number of allylic oxidation sites excluding steroid dienone is 1. The first-order valence-electron chi connectivity index (χ1n) is 10.9. The Hall–Kier alpha value is -0.753. The van der Waals surface area contributed by atoms with E-state index in [0.717, 1.165) is 36.4 Å². The van der Waals surface area contributed by atoms with Gasteiger partial charge in [0.05, 0.1) is 16.8 Å². The topological polar surface area (TPSA) is 42.4 Å². The molecule has 0 amide bonds. The van der Waals surface area contributed by atoms with E-state index in [4.69, 9.17) is 4.43 Å². The second-order valence-electron chi connectivity index (χ2n) is 10.0. The van der Waals surface area contributed by atoms with Gasteiger partial charge in [-0.15, -0.1) is 11.3 Å². The molecule has 0 aliphatic rings. The summed E-state index contributed by atoms with van der Waals surface area (Å²) >= 11 is 1.69. The summed E-state index contributed by atoms with van der Waals surface area (Å²) in [7, 11) is -1.88. The van der Waals surface area contributed by atoms with Crippen LogP contribution in [0, 0.1) is 12.8 Å². The van der Waals surface area contributed by atoms with Gasteiger partial charge < -0.3 is 9.53 Å². The number of hydrogen-bond donors (Lipinski definition) is 1. The first-order valence-corrected chi connectivity index (χ1v) is 14.7. The van der Waals surface area contributed by atoms with Gasteiger partial charge >= 0.3 is 0 Å². The molecule has 1 aromatic heterocycles. The Labute approximate surface area is 184 Å². The molecule has 1 heterocycles. The lowest BCUT2D eigenvalue weighted by Crippen LogP contribution is -2.44. The fraction of sp³-hybridized carbons (Fsp3) is 0.708. The molecule has 2 atom stereocenters. The first kappa shape index (κ1) is 26.3. The molecule has 5 heteroatoms. The van der Waals surface area contributed by atoms with E-state index in [1.165, 1.54) is 11.1 Å². The number of rotatable bonds is 11. The van der Waals surface area contributed by atoms with Crippen LogP contribution in [0.25, 0.3) is 6.08 Å². The predicted octanol–water partition coefficient (Wildman–Crippen LogP) is 7.38. The van der Waals surface area contributed by atoms with Crippen molar-refractivity contribution in [2.24, 2.45) is 5.92 Å². The molecule has 0 aromatic carbocycles. The fourth-order valence-corrected chi connectivity index (χ4v) is 4.78. The summed E-state index contributed by atoms with van der Waals surface area (Å²) in [6, 6.07) is 0. The Bertz CT molecular complexity index is 685. The van der Waals surface area contributed by atoms with Gasteiger partial charge in [-0.3, -0.25) is 0 Å². The number of aliphatic hydroxyl groups excluding tert-OH is 1. The Balaban J connectivity index is 2.92. The zero-order valence-electron chi connectivity index (χ0n) is 20.1. The second-order valence-corrected chi connectivity index (χ2v) is 15.8. The maximum Gasteiger partial charge on any atom is 0.192 e. The molecular weight excluding hydrogens is 394 g/mol. The Morgan fingerprint density at radius 2 is 1.97 bits per heavy atom. The summed E-state index contributed by atoms with van der Waals surface area (Å²) in [6.45, 7) is 20.4. The van der Waals surface area contributed by atoms with Gasteiger partial charge in [0.2, 0.25) is 0 Å². The largest absolute Gasteiger partial charge is 0.410 e. The van der Waals surface area contributed by atoms with Crippen LogP contribution in [0.4, 0.5) is 0 Å². The molecule has 0 aliphatic carbocycles. The number of nitrogens with zero attached hydrogens (tertiary/aromatic N) is 1. The maximum atomic E-state index is 9.20. The summed E-state index contributed by atoms with van der Waals surface area (Å²) < 4.78 is 6.82. The monoisotopic (exact) mass is 437 g/mol. The number of aromatic nitrogens is 1. The van der Waals surface area contributed by atoms with Crippen LogP contribution in [0.15, 0.2) is 22.6 Å². The third kappa shape index (κ3) is 9.29. The summed E-state index contributed by atoms with van der Waals surface area (Å²) in [5.41, 5.74) is 3.70. The van der Waals surface area contributed by atoms with Gasteiger partial charge in [-0.25, -0.2) is 4.98 Å². The summed E-state index contributed by atoms with van der Waals surface area (Å²) in [5, 5.41) is 12.6. The van der Waals surface area contributed by atoms with E-state index in [-0.39, 0.29) is 17.7 Å². The minimum atomic E-state index is -1.88. The van der Waals surface area contributed by atoms with E-state index >= 15 is 0 Å². The van der Waals surface area contributed by atoms with Crippen LogP contribution in [-0.4, -0.2) is 31.1 Å². The van der Waals surface area contributed by atoms with Crippen molar-refractivity contribution in [2.45, 2.75) is 98.4 Å². The smallest absolute Gasteiger partial charge is 0.192 e. The Morgan fingerprint density at radius 3 is 2.48 bits per heavy atom. The highest BCUT2D eigenvalue weighted by Gasteiger charge is 2.39. The van der Waals surface area contributed by atoms with Gasteiger partial charge in [0.15, 0.2) is 8.32 Å². The van der Waals surface area contributed by atoms with Gasteiger partial charge in [0.25, 0.3) is 0 Å². The minimum Gasteiger partial charge on any atom is -0.410 e. The Morgan fingerprint density at radius 1 is 1.31 bits per heavy atom. The molecule has 0 fully saturated rings. The molecule has 0 radical (unpaired) electrons. The van der Waals surface area contributed by atoms with Gasteiger partial charge in [0.1, 0.15) is 0 Å². The third-order valence-electron chi connectivity index (χ3n) is 6.02. The van der Waals surface area contributed by atoms with Crippen molar-refractivity contribution in [3.8, 4) is 0 Å². The standard InChI is InChI=1S/C24H43NO2SSi/c1-18(11-10-12-19(2)16-26)13-14-23(27-29(8,9)24(5,6)7)20(3)15-22-17-28-21(4)25-22/h13,15,17,19,23,26H,10-12,14,16H2,1-9H3/b18-13+,20-15+. The molecule has 0 bridgehead atoms. The Kier molecular flexibility index (Phi) is 10.5. The third-order valence-corrected chi connectivity index (χ3v) is 11.3. The quantitative estimate of drug-likeness (QED) is 0.290. The summed E-state index contributed by atoms with van der Waals surface area (Å²) in [5.74, 6) is 0.393. The molecule has 1 N–H and O–H groups in total. The van der Waals surface area contributed by atoms with E-state index in [1.807, 2.05) is 6.92 Å². The molecule has 29 heavy (non-hydrogen) atoms. The van der Waals surface area contributed by atoms with Crippen molar-refractivity contribution in [3.05, 3.63) is 33.3 Å². The SMILES string of the molecule is C/C(=C\CC(O[Si](C)(C)C(C)(C)C)/C(C)=C/c1csc(C)n1)CCCC(C)CO. The van der Waals surface area contributed by atoms with Crippen LogP contribution in [0.2, 0.25) is 18.1 Å². The molecule has 2 unspecified atom stereocenters. The highest BCUT2D eigenvalue weighted by atomic mass is 32.1. The highest BCUT2D eigenvalue weighted by Crippen LogP contribution is 2.38. The predicted molar refractivity (Wildman–Crippen MR) is 131 cm³/mol. The zero-order valence-corrected chi connectivity index (χ0v) is 21.9. The van der Waals surface area contributed by atoms with Crippen molar-refractivity contribution in [1.29, 1.82) is 0 Å². The lowest BCUT2D eigenvalue weighted by molar-refractivity contribution is 0.217. The fourth-order valence-electron chi connectivity index (χ4n) is 2.86. The van der Waals surface area contributed by atoms with Crippen LogP contribution in [-0.2, 0) is 4.43 Å². The van der Waals surface area contributed by atoms with E-state index in [1.54, 1.807) is 11.3 Å². The first-order chi connectivity index (χ1) is 13.4. The van der Waals surface area contributed by atoms with Gasteiger partial charge in [0, 0.05) is 12.0 Å². The molecule has 0 aliphatic heterocycles. The average Bonchev–Trinajstić information content (AvgIpc) is 3.01. The molecular formula is C24H43NO2SSi. The number of hydrogen-bond acceptors (Lipinski definition) is 4. The minimum absolute atomic E-state index is 0.0872. The van der Waals surface area contributed by atoms with Crippen LogP contribution in [0.3, 0.4) is 0 Å². The van der Waals surface area contributed by atoms with Crippen LogP contribution in [0.5, 0.6) is 0 Å². The van der Waals surface area contributed by atoms with Gasteiger partial charge in [-0.1, -0.05) is 39.3 Å². The molecule has 1 rings (SSSR count). The molecule has 0 spiro atoms. The zero-order chi connectivity index (χ0) is 22.2. The number of aryl methyl sites for hydroxylation is 1. The summed E-state index contributed by atoms with van der Waals surface area (Å²) in [4.78, 5) is 4.60. The van der Waals surface area contributed by atoms with Crippen molar-refractivity contribution in [3.63, 3.8) is 0 Å². The molecule has 1 aromatic rings. The number of aliphatic hydroxyl groups is 1. The van der Waals surface area contributed by atoms with E-state index in [2.05, 4.69) is 77.2 Å². The molecule has 0 saturated carbocycles. The normalized spacial score (nSPS) is 16.2. The van der Waals surface area contributed by atoms with E-state index < -0.39 is 8.32 Å². The van der Waals surface area contributed by atoms with Crippen LogP contribution in [0.1, 0.15) is 77.9 Å². The lowest BCUT2D eigenvalue weighted by Gasteiger charge is -2.39.